The van der Waals surface area contributed by atoms with Gasteiger partial charge in [-0.1, -0.05) is 0 Å². The third-order valence-corrected chi connectivity index (χ3v) is 3.31. The molecule has 1 aromatic heterocycles. The fraction of sp³-hybridized carbons (Fsp3) is 0.636. The predicted molar refractivity (Wildman–Crippen MR) is 53.1 cm³/mol. The summed E-state index contributed by atoms with van der Waals surface area (Å²) in [6, 6.07) is 1.76. The molecule has 0 spiro atoms. The molecule has 1 aromatic rings. The minimum atomic E-state index is -0.870. The van der Waals surface area contributed by atoms with Gasteiger partial charge in [-0.05, 0) is 18.9 Å². The lowest BCUT2D eigenvalue weighted by Gasteiger charge is -2.34. The van der Waals surface area contributed by atoms with E-state index in [0.29, 0.717) is 18.7 Å². The first-order chi connectivity index (χ1) is 7.26. The maximum absolute atomic E-state index is 10.5. The van der Waals surface area contributed by atoms with E-state index < -0.39 is 5.60 Å². The minimum absolute atomic E-state index is 0.192. The van der Waals surface area contributed by atoms with Crippen molar-refractivity contribution in [2.75, 3.05) is 0 Å². The second kappa shape index (κ2) is 3.25. The van der Waals surface area contributed by atoms with Crippen molar-refractivity contribution in [2.45, 2.75) is 43.5 Å². The molecule has 2 unspecified atom stereocenters. The van der Waals surface area contributed by atoms with Gasteiger partial charge in [0, 0.05) is 25.2 Å². The summed E-state index contributed by atoms with van der Waals surface area (Å²) in [5, 5.41) is 10.5. The third kappa shape index (κ3) is 1.54. The first-order valence-electron chi connectivity index (χ1n) is 5.42. The van der Waals surface area contributed by atoms with Crippen LogP contribution in [0.2, 0.25) is 0 Å². The topological polar surface area (TPSA) is 55.2 Å². The van der Waals surface area contributed by atoms with E-state index >= 15 is 0 Å². The monoisotopic (exact) mass is 206 g/mol. The normalized spacial score (nSPS) is 39.3. The summed E-state index contributed by atoms with van der Waals surface area (Å²) in [6.07, 6.45) is 7.12. The van der Waals surface area contributed by atoms with Crippen molar-refractivity contribution in [1.82, 2.24) is 9.97 Å². The predicted octanol–water partition coefficient (Wildman–Crippen LogP) is 1.01. The summed E-state index contributed by atoms with van der Waals surface area (Å²) in [5.41, 5.74) is -0.870. The summed E-state index contributed by atoms with van der Waals surface area (Å²) in [4.78, 5) is 8.31. The molecule has 2 fully saturated rings. The second-order valence-electron chi connectivity index (χ2n) is 4.47. The Morgan fingerprint density at radius 1 is 1.20 bits per heavy atom. The number of aromatic nitrogens is 2. The fourth-order valence-corrected chi connectivity index (χ4v) is 2.64. The van der Waals surface area contributed by atoms with E-state index in [1.54, 1.807) is 18.5 Å². The number of ether oxygens (including phenoxy) is 1. The summed E-state index contributed by atoms with van der Waals surface area (Å²) in [5.74, 6) is 0.546. The number of hydrogen-bond acceptors (Lipinski definition) is 4. The Kier molecular flexibility index (Phi) is 2.00. The highest BCUT2D eigenvalue weighted by atomic mass is 16.5. The molecule has 0 aromatic carbocycles. The summed E-state index contributed by atoms with van der Waals surface area (Å²) in [6.45, 7) is 0. The largest absolute Gasteiger partial charge is 0.382 e. The number of rotatable bonds is 1. The first kappa shape index (κ1) is 9.24. The van der Waals surface area contributed by atoms with E-state index in [9.17, 15) is 5.11 Å². The van der Waals surface area contributed by atoms with E-state index in [2.05, 4.69) is 9.97 Å². The molecule has 2 aliphatic heterocycles. The molecule has 1 N–H and O–H groups in total. The van der Waals surface area contributed by atoms with E-state index in [0.717, 1.165) is 12.8 Å². The molecule has 2 saturated heterocycles. The lowest BCUT2D eigenvalue weighted by atomic mass is 9.89. The molecule has 0 saturated carbocycles. The van der Waals surface area contributed by atoms with Crippen LogP contribution in [0.3, 0.4) is 0 Å². The molecule has 0 radical (unpaired) electrons. The van der Waals surface area contributed by atoms with E-state index in [1.165, 1.54) is 0 Å². The minimum Gasteiger partial charge on any atom is -0.382 e. The molecular weight excluding hydrogens is 192 g/mol. The van der Waals surface area contributed by atoms with Gasteiger partial charge in [-0.15, -0.1) is 0 Å². The number of fused-ring (bicyclic) bond motifs is 2. The smallest absolute Gasteiger partial charge is 0.160 e. The molecule has 2 bridgehead atoms. The van der Waals surface area contributed by atoms with E-state index in [4.69, 9.17) is 4.74 Å². The van der Waals surface area contributed by atoms with Crippen molar-refractivity contribution >= 4 is 0 Å². The van der Waals surface area contributed by atoms with Crippen LogP contribution in [0.15, 0.2) is 18.5 Å². The maximum atomic E-state index is 10.5. The van der Waals surface area contributed by atoms with E-state index in [-0.39, 0.29) is 12.2 Å². The number of aliphatic hydroxyl groups is 1. The van der Waals surface area contributed by atoms with Crippen LogP contribution in [-0.2, 0) is 10.3 Å². The summed E-state index contributed by atoms with van der Waals surface area (Å²) < 4.78 is 5.70. The average Bonchev–Trinajstić information content (AvgIpc) is 2.60. The fourth-order valence-electron chi connectivity index (χ4n) is 2.64. The molecule has 80 valence electrons. The highest BCUT2D eigenvalue weighted by molar-refractivity contribution is 5.07. The average molecular weight is 206 g/mol. The summed E-state index contributed by atoms with van der Waals surface area (Å²) >= 11 is 0. The molecule has 2 aliphatic rings. The van der Waals surface area contributed by atoms with Crippen LogP contribution in [0.5, 0.6) is 0 Å². The Bertz CT molecular complexity index is 343. The maximum Gasteiger partial charge on any atom is 0.160 e. The van der Waals surface area contributed by atoms with Crippen molar-refractivity contribution in [3.05, 3.63) is 24.3 Å². The van der Waals surface area contributed by atoms with Crippen LogP contribution >= 0.6 is 0 Å². The standard InChI is InChI=1S/C11H14N2O2/c14-11(10-12-4-1-5-13-10)6-8-2-3-9(7-11)15-8/h1,4-5,8-9,14H,2-3,6-7H2. The van der Waals surface area contributed by atoms with Gasteiger partial charge in [0.15, 0.2) is 5.82 Å². The van der Waals surface area contributed by atoms with Gasteiger partial charge < -0.3 is 9.84 Å². The molecule has 4 heteroatoms. The molecule has 3 rings (SSSR count). The Morgan fingerprint density at radius 3 is 2.40 bits per heavy atom. The second-order valence-corrected chi connectivity index (χ2v) is 4.47. The zero-order chi connectivity index (χ0) is 10.3. The van der Waals surface area contributed by atoms with Gasteiger partial charge in [-0.2, -0.15) is 0 Å². The Balaban J connectivity index is 1.91. The SMILES string of the molecule is OC1(c2ncccn2)CC2CCC(C1)O2. The Morgan fingerprint density at radius 2 is 1.80 bits per heavy atom. The van der Waals surface area contributed by atoms with Gasteiger partial charge in [-0.3, -0.25) is 0 Å². The molecule has 3 heterocycles. The van der Waals surface area contributed by atoms with Crippen LogP contribution in [-0.4, -0.2) is 27.3 Å². The first-order valence-corrected chi connectivity index (χ1v) is 5.42. The zero-order valence-corrected chi connectivity index (χ0v) is 8.47. The molecule has 2 atom stereocenters. The van der Waals surface area contributed by atoms with Gasteiger partial charge in [0.2, 0.25) is 0 Å². The quantitative estimate of drug-likeness (QED) is 0.745. The van der Waals surface area contributed by atoms with Gasteiger partial charge in [-0.25, -0.2) is 9.97 Å². The highest BCUT2D eigenvalue weighted by Crippen LogP contribution is 2.42. The van der Waals surface area contributed by atoms with Crippen LogP contribution < -0.4 is 0 Å². The molecular formula is C11H14N2O2. The highest BCUT2D eigenvalue weighted by Gasteiger charge is 2.46. The number of nitrogens with zero attached hydrogens (tertiary/aromatic N) is 2. The molecule has 0 amide bonds. The van der Waals surface area contributed by atoms with E-state index in [1.807, 2.05) is 0 Å². The Hall–Kier alpha value is -1.00. The van der Waals surface area contributed by atoms with Crippen molar-refractivity contribution in [3.63, 3.8) is 0 Å². The molecule has 0 aliphatic carbocycles. The van der Waals surface area contributed by atoms with Crippen molar-refractivity contribution in [1.29, 1.82) is 0 Å². The van der Waals surface area contributed by atoms with Crippen LogP contribution in [0.25, 0.3) is 0 Å². The lowest BCUT2D eigenvalue weighted by molar-refractivity contribution is -0.119. The lowest BCUT2D eigenvalue weighted by Crippen LogP contribution is -2.39. The van der Waals surface area contributed by atoms with Gasteiger partial charge >= 0.3 is 0 Å². The van der Waals surface area contributed by atoms with Crippen LogP contribution in [0.4, 0.5) is 0 Å². The van der Waals surface area contributed by atoms with Gasteiger partial charge in [0.05, 0.1) is 12.2 Å². The van der Waals surface area contributed by atoms with Crippen molar-refractivity contribution < 1.29 is 9.84 Å². The number of hydrogen-bond donors (Lipinski definition) is 1. The Labute approximate surface area is 88.3 Å². The van der Waals surface area contributed by atoms with Crippen molar-refractivity contribution in [2.24, 2.45) is 0 Å². The third-order valence-electron chi connectivity index (χ3n) is 3.31. The van der Waals surface area contributed by atoms with Crippen LogP contribution in [0.1, 0.15) is 31.5 Å². The summed E-state index contributed by atoms with van der Waals surface area (Å²) in [7, 11) is 0. The molecule has 15 heavy (non-hydrogen) atoms. The van der Waals surface area contributed by atoms with Gasteiger partial charge in [0.25, 0.3) is 0 Å². The van der Waals surface area contributed by atoms with Crippen LogP contribution in [0, 0.1) is 0 Å². The van der Waals surface area contributed by atoms with Crippen molar-refractivity contribution in [3.8, 4) is 0 Å². The zero-order valence-electron chi connectivity index (χ0n) is 8.47. The van der Waals surface area contributed by atoms with Gasteiger partial charge in [0.1, 0.15) is 5.60 Å². The molecule has 4 nitrogen and oxygen atoms in total.